The van der Waals surface area contributed by atoms with Gasteiger partial charge in [-0.3, -0.25) is 0 Å². The minimum atomic E-state index is 0. The topological polar surface area (TPSA) is 38.0 Å². The van der Waals surface area contributed by atoms with Gasteiger partial charge in [0, 0.05) is 12.0 Å². The van der Waals surface area contributed by atoms with E-state index in [0.717, 1.165) is 25.9 Å². The average molecular weight is 346 g/mol. The van der Waals surface area contributed by atoms with Crippen molar-refractivity contribution in [3.63, 3.8) is 0 Å². The number of benzene rings is 1. The number of piperidine rings is 1. The Kier molecular flexibility index (Phi) is 8.69. The second-order valence-corrected chi connectivity index (χ2v) is 5.54. The van der Waals surface area contributed by atoms with Crippen LogP contribution in [0.1, 0.15) is 24.8 Å². The van der Waals surface area contributed by atoms with Gasteiger partial charge in [-0.1, -0.05) is 29.3 Å². The fourth-order valence-corrected chi connectivity index (χ4v) is 2.97. The lowest BCUT2D eigenvalue weighted by molar-refractivity contribution is 0.296. The molecule has 1 aromatic carbocycles. The third-order valence-corrected chi connectivity index (χ3v) is 4.37. The van der Waals surface area contributed by atoms with E-state index < -0.39 is 0 Å². The molecule has 1 heterocycles. The first-order valence-electron chi connectivity index (χ1n) is 6.04. The quantitative estimate of drug-likeness (QED) is 0.874. The zero-order chi connectivity index (χ0) is 12.3. The molecule has 0 aliphatic carbocycles. The molecule has 1 unspecified atom stereocenters. The summed E-state index contributed by atoms with van der Waals surface area (Å²) < 4.78 is 0. The van der Waals surface area contributed by atoms with E-state index in [0.29, 0.717) is 16.6 Å². The summed E-state index contributed by atoms with van der Waals surface area (Å²) in [6, 6.07) is 5.95. The van der Waals surface area contributed by atoms with Crippen LogP contribution in [0.15, 0.2) is 18.2 Å². The molecule has 2 nitrogen and oxygen atoms in total. The van der Waals surface area contributed by atoms with Crippen molar-refractivity contribution in [1.29, 1.82) is 0 Å². The van der Waals surface area contributed by atoms with Crippen molar-refractivity contribution in [3.05, 3.63) is 33.8 Å². The van der Waals surface area contributed by atoms with Crippen LogP contribution in [0.25, 0.3) is 0 Å². The minimum Gasteiger partial charge on any atom is -0.330 e. The number of nitrogens with one attached hydrogen (secondary N) is 1. The predicted molar refractivity (Wildman–Crippen MR) is 88.4 cm³/mol. The highest BCUT2D eigenvalue weighted by Gasteiger charge is 2.33. The van der Waals surface area contributed by atoms with Crippen LogP contribution in [0, 0.1) is 0 Å². The lowest BCUT2D eigenvalue weighted by atomic mass is 9.72. The second-order valence-electron chi connectivity index (χ2n) is 4.73. The molecule has 0 radical (unpaired) electrons. The summed E-state index contributed by atoms with van der Waals surface area (Å²) in [4.78, 5) is 0. The molecule has 0 amide bonds. The molecule has 3 N–H and O–H groups in total. The first-order valence-corrected chi connectivity index (χ1v) is 6.80. The van der Waals surface area contributed by atoms with Gasteiger partial charge < -0.3 is 11.1 Å². The number of nitrogens with two attached hydrogens (primary N) is 1. The zero-order valence-corrected chi connectivity index (χ0v) is 13.8. The molecule has 1 fully saturated rings. The standard InChI is InChI=1S/C13H18Cl2N2.2ClH/c14-11-3-2-10(8-12(11)15)13(5-6-16)4-1-7-17-9-13;;/h2-3,8,17H,1,4-7,9,16H2;2*1H. The van der Waals surface area contributed by atoms with Gasteiger partial charge in [0.15, 0.2) is 0 Å². The van der Waals surface area contributed by atoms with Crippen molar-refractivity contribution in [3.8, 4) is 0 Å². The van der Waals surface area contributed by atoms with E-state index in [1.165, 1.54) is 12.0 Å². The maximum atomic E-state index is 6.11. The van der Waals surface area contributed by atoms with Gasteiger partial charge in [0.2, 0.25) is 0 Å². The smallest absolute Gasteiger partial charge is 0.0595 e. The molecule has 110 valence electrons. The molecule has 1 aromatic rings. The Balaban J connectivity index is 0.00000162. The van der Waals surface area contributed by atoms with Crippen LogP contribution in [0.5, 0.6) is 0 Å². The Labute approximate surface area is 137 Å². The van der Waals surface area contributed by atoms with Crippen molar-refractivity contribution in [2.45, 2.75) is 24.7 Å². The van der Waals surface area contributed by atoms with Crippen molar-refractivity contribution >= 4 is 48.0 Å². The summed E-state index contributed by atoms with van der Waals surface area (Å²) in [5.41, 5.74) is 7.14. The van der Waals surface area contributed by atoms with Crippen LogP contribution < -0.4 is 11.1 Å². The van der Waals surface area contributed by atoms with Crippen molar-refractivity contribution in [2.75, 3.05) is 19.6 Å². The fourth-order valence-electron chi connectivity index (χ4n) is 2.67. The van der Waals surface area contributed by atoms with Gasteiger partial charge in [-0.2, -0.15) is 0 Å². The largest absolute Gasteiger partial charge is 0.330 e. The molecule has 0 spiro atoms. The number of hydrogen-bond donors (Lipinski definition) is 2. The molecule has 1 atom stereocenters. The van der Waals surface area contributed by atoms with Gasteiger partial charge in [-0.05, 0) is 50.0 Å². The van der Waals surface area contributed by atoms with Crippen LogP contribution in [0.3, 0.4) is 0 Å². The Morgan fingerprint density at radius 1 is 1.21 bits per heavy atom. The highest BCUT2D eigenvalue weighted by atomic mass is 35.5. The Hall–Kier alpha value is 0.300. The molecule has 1 saturated heterocycles. The molecule has 0 bridgehead atoms. The monoisotopic (exact) mass is 344 g/mol. The van der Waals surface area contributed by atoms with Gasteiger partial charge in [-0.15, -0.1) is 24.8 Å². The molecular formula is C13H20Cl4N2. The average Bonchev–Trinajstić information content (AvgIpc) is 2.34. The lowest BCUT2D eigenvalue weighted by Gasteiger charge is -2.38. The van der Waals surface area contributed by atoms with E-state index in [1.807, 2.05) is 12.1 Å². The van der Waals surface area contributed by atoms with Crippen molar-refractivity contribution in [1.82, 2.24) is 5.32 Å². The van der Waals surface area contributed by atoms with Crippen LogP contribution in [0.4, 0.5) is 0 Å². The molecule has 19 heavy (non-hydrogen) atoms. The van der Waals surface area contributed by atoms with E-state index in [1.54, 1.807) is 0 Å². The Morgan fingerprint density at radius 3 is 2.47 bits per heavy atom. The van der Waals surface area contributed by atoms with Gasteiger partial charge in [0.05, 0.1) is 10.0 Å². The van der Waals surface area contributed by atoms with E-state index >= 15 is 0 Å². The van der Waals surface area contributed by atoms with Gasteiger partial charge in [0.25, 0.3) is 0 Å². The minimum absolute atomic E-state index is 0. The summed E-state index contributed by atoms with van der Waals surface area (Å²) in [7, 11) is 0. The fraction of sp³-hybridized carbons (Fsp3) is 0.538. The number of rotatable bonds is 3. The van der Waals surface area contributed by atoms with E-state index in [2.05, 4.69) is 11.4 Å². The van der Waals surface area contributed by atoms with Gasteiger partial charge >= 0.3 is 0 Å². The molecule has 1 aliphatic rings. The first-order chi connectivity index (χ1) is 8.18. The lowest BCUT2D eigenvalue weighted by Crippen LogP contribution is -2.44. The highest BCUT2D eigenvalue weighted by Crippen LogP contribution is 2.37. The molecule has 1 aliphatic heterocycles. The van der Waals surface area contributed by atoms with Crippen LogP contribution >= 0.6 is 48.0 Å². The molecule has 0 aromatic heterocycles. The van der Waals surface area contributed by atoms with Crippen LogP contribution in [0.2, 0.25) is 10.0 Å². The third kappa shape index (κ3) is 4.38. The molecule has 0 saturated carbocycles. The van der Waals surface area contributed by atoms with E-state index in [4.69, 9.17) is 28.9 Å². The van der Waals surface area contributed by atoms with Crippen LogP contribution in [-0.4, -0.2) is 19.6 Å². The summed E-state index contributed by atoms with van der Waals surface area (Å²) in [6.45, 7) is 2.76. The summed E-state index contributed by atoms with van der Waals surface area (Å²) in [5.74, 6) is 0. The van der Waals surface area contributed by atoms with E-state index in [-0.39, 0.29) is 30.2 Å². The second kappa shape index (κ2) is 8.56. The van der Waals surface area contributed by atoms with Crippen LogP contribution in [-0.2, 0) is 5.41 Å². The normalized spacial score (nSPS) is 22.3. The summed E-state index contributed by atoms with van der Waals surface area (Å²) in [5, 5.41) is 4.71. The Morgan fingerprint density at radius 2 is 1.95 bits per heavy atom. The van der Waals surface area contributed by atoms with Gasteiger partial charge in [0.1, 0.15) is 0 Å². The van der Waals surface area contributed by atoms with Gasteiger partial charge in [-0.25, -0.2) is 0 Å². The van der Waals surface area contributed by atoms with E-state index in [9.17, 15) is 0 Å². The summed E-state index contributed by atoms with van der Waals surface area (Å²) >= 11 is 12.1. The highest BCUT2D eigenvalue weighted by molar-refractivity contribution is 6.42. The first kappa shape index (κ1) is 19.3. The summed E-state index contributed by atoms with van der Waals surface area (Å²) in [6.07, 6.45) is 3.33. The SMILES string of the molecule is Cl.Cl.NCCC1(c2ccc(Cl)c(Cl)c2)CCCNC1. The predicted octanol–water partition coefficient (Wildman–Crippen LogP) is 3.81. The maximum Gasteiger partial charge on any atom is 0.0595 e. The molecule has 2 rings (SSSR count). The maximum absolute atomic E-state index is 6.11. The zero-order valence-electron chi connectivity index (χ0n) is 10.6. The molecule has 6 heteroatoms. The Bertz CT molecular complexity index is 387. The number of halogens is 4. The third-order valence-electron chi connectivity index (χ3n) is 3.63. The van der Waals surface area contributed by atoms with Crippen molar-refractivity contribution in [2.24, 2.45) is 5.73 Å². The molecular weight excluding hydrogens is 326 g/mol. The van der Waals surface area contributed by atoms with Crippen molar-refractivity contribution < 1.29 is 0 Å². The number of hydrogen-bond acceptors (Lipinski definition) is 2.